The number of hydrogen-bond donors (Lipinski definition) is 1. The molecule has 3 aliphatic carbocycles. The van der Waals surface area contributed by atoms with E-state index in [2.05, 4.69) is 20.8 Å². The third kappa shape index (κ3) is 1.29. The van der Waals surface area contributed by atoms with Gasteiger partial charge in [-0.05, 0) is 56.8 Å². The molecule has 4 fully saturated rings. The quantitative estimate of drug-likeness (QED) is 0.765. The summed E-state index contributed by atoms with van der Waals surface area (Å²) in [5, 5.41) is 0. The molecule has 1 unspecified atom stereocenters. The van der Waals surface area contributed by atoms with Gasteiger partial charge in [0, 0.05) is 0 Å². The second-order valence-corrected chi connectivity index (χ2v) is 6.82. The van der Waals surface area contributed by atoms with Gasteiger partial charge in [-0.25, -0.2) is 0 Å². The van der Waals surface area contributed by atoms with Crippen molar-refractivity contribution in [3.63, 3.8) is 0 Å². The number of nitrogens with two attached hydrogens (primary N) is 1. The number of rotatable bonds is 3. The van der Waals surface area contributed by atoms with Gasteiger partial charge in [0.15, 0.2) is 0 Å². The minimum atomic E-state index is -0.0650. The summed E-state index contributed by atoms with van der Waals surface area (Å²) in [6, 6.07) is 0. The molecule has 0 aromatic heterocycles. The van der Waals surface area contributed by atoms with E-state index in [4.69, 9.17) is 15.0 Å². The van der Waals surface area contributed by atoms with E-state index in [1.165, 1.54) is 12.8 Å². The molecule has 2 N–H and O–H groups in total. The summed E-state index contributed by atoms with van der Waals surface area (Å²) in [7, 11) is -0.0260. The zero-order valence-corrected chi connectivity index (χ0v) is 11.3. The zero-order chi connectivity index (χ0) is 12.3. The number of hydrogen-bond acceptors (Lipinski definition) is 3. The largest absolute Gasteiger partial charge is 0.457 e. The van der Waals surface area contributed by atoms with Crippen LogP contribution in [0, 0.1) is 11.3 Å². The molecule has 1 aliphatic heterocycles. The summed E-state index contributed by atoms with van der Waals surface area (Å²) in [6.07, 6.45) is 5.56. The maximum Gasteiger partial charge on any atom is 0.457 e. The van der Waals surface area contributed by atoms with Crippen LogP contribution in [-0.4, -0.2) is 24.9 Å². The Balaban J connectivity index is 1.82. The predicted molar refractivity (Wildman–Crippen MR) is 68.7 cm³/mol. The molecule has 4 aliphatic rings. The smallest absolute Gasteiger partial charge is 0.403 e. The molecule has 0 amide bonds. The first kappa shape index (κ1) is 12.0. The highest BCUT2D eigenvalue weighted by Crippen LogP contribution is 2.70. The molecule has 2 bridgehead atoms. The molecule has 4 heteroatoms. The summed E-state index contributed by atoms with van der Waals surface area (Å²) in [5.74, 6) is 0.826. The first-order valence-corrected chi connectivity index (χ1v) is 7.01. The second-order valence-electron chi connectivity index (χ2n) is 6.82. The summed E-state index contributed by atoms with van der Waals surface area (Å²) < 4.78 is 12.6. The summed E-state index contributed by atoms with van der Waals surface area (Å²) in [6.45, 7) is 7.69. The van der Waals surface area contributed by atoms with Crippen molar-refractivity contribution in [2.45, 2.75) is 64.0 Å². The van der Waals surface area contributed by atoms with Crippen LogP contribution in [0.4, 0.5) is 0 Å². The van der Waals surface area contributed by atoms with Gasteiger partial charge in [0.25, 0.3) is 0 Å². The Morgan fingerprint density at radius 3 is 2.65 bits per heavy atom. The fraction of sp³-hybridized carbons (Fsp3) is 1.00. The van der Waals surface area contributed by atoms with E-state index in [-0.39, 0.29) is 23.7 Å². The van der Waals surface area contributed by atoms with Crippen LogP contribution < -0.4 is 5.73 Å². The Hall–Kier alpha value is -0.0551. The lowest BCUT2D eigenvalue weighted by Gasteiger charge is -2.69. The van der Waals surface area contributed by atoms with Crippen LogP contribution in [0.3, 0.4) is 0 Å². The Labute approximate surface area is 105 Å². The molecule has 3 saturated carbocycles. The fourth-order valence-corrected chi connectivity index (χ4v) is 4.50. The maximum absolute atomic E-state index is 6.36. The molecule has 1 heterocycles. The van der Waals surface area contributed by atoms with Crippen LogP contribution in [0.15, 0.2) is 0 Å². The molecule has 0 radical (unpaired) electrons. The van der Waals surface area contributed by atoms with Crippen LogP contribution in [0.25, 0.3) is 0 Å². The van der Waals surface area contributed by atoms with Crippen LogP contribution in [0.1, 0.15) is 46.5 Å². The van der Waals surface area contributed by atoms with Gasteiger partial charge in [0.1, 0.15) is 0 Å². The van der Waals surface area contributed by atoms with Crippen molar-refractivity contribution in [3.8, 4) is 0 Å². The Morgan fingerprint density at radius 1 is 1.29 bits per heavy atom. The summed E-state index contributed by atoms with van der Waals surface area (Å²) >= 11 is 0. The minimum absolute atomic E-state index is 0.0256. The van der Waals surface area contributed by atoms with Gasteiger partial charge < -0.3 is 15.0 Å². The molecule has 96 valence electrons. The lowest BCUT2D eigenvalue weighted by molar-refractivity contribution is -0.257. The van der Waals surface area contributed by atoms with Gasteiger partial charge in [-0.1, -0.05) is 13.8 Å². The minimum Gasteiger partial charge on any atom is -0.403 e. The van der Waals surface area contributed by atoms with Crippen LogP contribution in [-0.2, 0) is 9.31 Å². The standard InChI is InChI=1S/C13H24BNO2/c1-11(2)10-5-6-12(3)13(11,9-10)17-14(16-12)7-4-8-15/h10H,4-9,15H2,1-3H3/t10?,12-,13+/m0/s1. The van der Waals surface area contributed by atoms with Gasteiger partial charge in [-0.2, -0.15) is 0 Å². The van der Waals surface area contributed by atoms with Gasteiger partial charge in [-0.15, -0.1) is 0 Å². The SMILES string of the molecule is CC1(C)C2CC[C@]3(C)OB(CCCN)O[C@]13C2. The second kappa shape index (κ2) is 3.49. The Bertz CT molecular complexity index is 335. The topological polar surface area (TPSA) is 44.5 Å². The van der Waals surface area contributed by atoms with Crippen molar-refractivity contribution in [2.24, 2.45) is 17.1 Å². The third-order valence-corrected chi connectivity index (χ3v) is 5.79. The van der Waals surface area contributed by atoms with E-state index in [0.29, 0.717) is 0 Å². The third-order valence-electron chi connectivity index (χ3n) is 5.79. The normalized spacial score (nSPS) is 46.6. The summed E-state index contributed by atoms with van der Waals surface area (Å²) in [4.78, 5) is 0. The zero-order valence-electron chi connectivity index (χ0n) is 11.3. The molecule has 0 aromatic carbocycles. The molecule has 4 rings (SSSR count). The molecule has 17 heavy (non-hydrogen) atoms. The fourth-order valence-electron chi connectivity index (χ4n) is 4.50. The molecule has 0 aromatic rings. The first-order valence-electron chi connectivity index (χ1n) is 7.01. The maximum atomic E-state index is 6.36. The number of fused-ring (bicyclic) bond motifs is 1. The molecule has 1 spiro atoms. The first-order chi connectivity index (χ1) is 7.95. The van der Waals surface area contributed by atoms with E-state index in [1.807, 2.05) is 0 Å². The highest BCUT2D eigenvalue weighted by atomic mass is 16.7. The van der Waals surface area contributed by atoms with Gasteiger partial charge in [-0.3, -0.25) is 0 Å². The van der Waals surface area contributed by atoms with E-state index in [1.54, 1.807) is 0 Å². The molecule has 1 saturated heterocycles. The lowest BCUT2D eigenvalue weighted by atomic mass is 9.41. The highest BCUT2D eigenvalue weighted by Gasteiger charge is 2.75. The van der Waals surface area contributed by atoms with Crippen molar-refractivity contribution in [1.82, 2.24) is 0 Å². The van der Waals surface area contributed by atoms with Crippen molar-refractivity contribution in [3.05, 3.63) is 0 Å². The van der Waals surface area contributed by atoms with Gasteiger partial charge in [0.2, 0.25) is 0 Å². The van der Waals surface area contributed by atoms with E-state index in [0.717, 1.165) is 31.6 Å². The van der Waals surface area contributed by atoms with Crippen molar-refractivity contribution < 1.29 is 9.31 Å². The van der Waals surface area contributed by atoms with Gasteiger partial charge >= 0.3 is 7.12 Å². The summed E-state index contributed by atoms with van der Waals surface area (Å²) in [5.41, 5.74) is 5.76. The van der Waals surface area contributed by atoms with E-state index < -0.39 is 0 Å². The van der Waals surface area contributed by atoms with Crippen molar-refractivity contribution >= 4 is 7.12 Å². The van der Waals surface area contributed by atoms with Crippen LogP contribution in [0.5, 0.6) is 0 Å². The highest BCUT2D eigenvalue weighted by molar-refractivity contribution is 6.45. The molecule has 3 nitrogen and oxygen atoms in total. The van der Waals surface area contributed by atoms with Crippen molar-refractivity contribution in [1.29, 1.82) is 0 Å². The Morgan fingerprint density at radius 2 is 2.06 bits per heavy atom. The van der Waals surface area contributed by atoms with E-state index >= 15 is 0 Å². The average molecular weight is 237 g/mol. The molecular weight excluding hydrogens is 213 g/mol. The van der Waals surface area contributed by atoms with Crippen LogP contribution in [0.2, 0.25) is 6.32 Å². The van der Waals surface area contributed by atoms with E-state index in [9.17, 15) is 0 Å². The average Bonchev–Trinajstić information content (AvgIpc) is 2.61. The van der Waals surface area contributed by atoms with Gasteiger partial charge in [0.05, 0.1) is 11.2 Å². The Kier molecular flexibility index (Phi) is 2.46. The van der Waals surface area contributed by atoms with Crippen molar-refractivity contribution in [2.75, 3.05) is 6.54 Å². The predicted octanol–water partition coefficient (Wildman–Crippen LogP) is 2.21. The monoisotopic (exact) mass is 237 g/mol. The van der Waals surface area contributed by atoms with Crippen LogP contribution >= 0.6 is 0 Å². The molecular formula is C13H24BNO2. The molecule has 3 atom stereocenters. The lowest BCUT2D eigenvalue weighted by Crippen LogP contribution is -2.73.